The van der Waals surface area contributed by atoms with Crippen LogP contribution < -0.4 is 10.8 Å². The Balaban J connectivity index is 1.98. The van der Waals surface area contributed by atoms with Gasteiger partial charge in [0.2, 0.25) is 0 Å². The maximum absolute atomic E-state index is 12.9. The lowest BCUT2D eigenvalue weighted by molar-refractivity contribution is -0.0295. The van der Waals surface area contributed by atoms with Crippen LogP contribution in [0, 0.1) is 0 Å². The van der Waals surface area contributed by atoms with E-state index in [9.17, 15) is 14.7 Å². The van der Waals surface area contributed by atoms with Crippen LogP contribution in [0.4, 0.5) is 11.5 Å². The molecule has 3 rings (SSSR count). The summed E-state index contributed by atoms with van der Waals surface area (Å²) in [6.45, 7) is -0.753. The van der Waals surface area contributed by atoms with Crippen LogP contribution in [0.3, 0.4) is 0 Å². The molecule has 0 spiro atoms. The number of Topliss-reactive ketones (excluding diaryl/α,β-unsaturated/α-hetero) is 1. The van der Waals surface area contributed by atoms with Gasteiger partial charge in [-0.25, -0.2) is 5.48 Å². The van der Waals surface area contributed by atoms with Crippen molar-refractivity contribution in [2.75, 3.05) is 18.5 Å². The van der Waals surface area contributed by atoms with Gasteiger partial charge in [0.15, 0.2) is 5.78 Å². The molecule has 8 nitrogen and oxygen atoms in total. The fraction of sp³-hybridized carbons (Fsp3) is 0.368. The molecule has 1 aromatic carbocycles. The standard InChI is InChI=1S/C19H21BrClN3O5/c1-24-17-12(3-2-4-15(17)27)16(19(28)23-29-9-11(26)8-25)18(24)22-14-6-5-10(20)7-13(14)21/h5-7,11,22,25-26H,2-4,8-9H2,1H3,(H,23,28)/t11-/m1/s1. The number of nitrogens with zero attached hydrogens (tertiary/aromatic N) is 1. The Morgan fingerprint density at radius 1 is 1.41 bits per heavy atom. The van der Waals surface area contributed by atoms with Crippen LogP contribution in [0.5, 0.6) is 0 Å². The third-order valence-corrected chi connectivity index (χ3v) is 5.46. The Bertz CT molecular complexity index is 946. The molecule has 1 atom stereocenters. The number of aromatic nitrogens is 1. The van der Waals surface area contributed by atoms with Crippen molar-refractivity contribution in [3.05, 3.63) is 44.5 Å². The molecule has 0 bridgehead atoms. The first-order chi connectivity index (χ1) is 13.8. The molecule has 1 aliphatic carbocycles. The highest BCUT2D eigenvalue weighted by atomic mass is 79.9. The summed E-state index contributed by atoms with van der Waals surface area (Å²) < 4.78 is 2.47. The monoisotopic (exact) mass is 485 g/mol. The zero-order valence-corrected chi connectivity index (χ0v) is 18.0. The topological polar surface area (TPSA) is 113 Å². The van der Waals surface area contributed by atoms with E-state index in [0.29, 0.717) is 47.0 Å². The first-order valence-electron chi connectivity index (χ1n) is 9.01. The molecule has 10 heteroatoms. The quantitative estimate of drug-likeness (QED) is 0.448. The molecule has 1 aromatic heterocycles. The lowest BCUT2D eigenvalue weighted by Gasteiger charge is -2.14. The summed E-state index contributed by atoms with van der Waals surface area (Å²) in [5, 5.41) is 21.8. The molecule has 0 radical (unpaired) electrons. The van der Waals surface area contributed by atoms with Gasteiger partial charge in [-0.05, 0) is 36.6 Å². The average molecular weight is 487 g/mol. The Labute approximate surface area is 180 Å². The van der Waals surface area contributed by atoms with E-state index in [-0.39, 0.29) is 18.0 Å². The van der Waals surface area contributed by atoms with Crippen molar-refractivity contribution in [1.82, 2.24) is 10.0 Å². The molecule has 4 N–H and O–H groups in total. The normalized spacial score (nSPS) is 14.4. The molecule has 29 heavy (non-hydrogen) atoms. The van der Waals surface area contributed by atoms with Crippen molar-refractivity contribution in [2.45, 2.75) is 25.4 Å². The summed E-state index contributed by atoms with van der Waals surface area (Å²) >= 11 is 9.66. The second kappa shape index (κ2) is 9.27. The zero-order valence-electron chi connectivity index (χ0n) is 15.7. The number of hydrogen-bond donors (Lipinski definition) is 4. The second-order valence-electron chi connectivity index (χ2n) is 6.71. The van der Waals surface area contributed by atoms with Gasteiger partial charge >= 0.3 is 0 Å². The van der Waals surface area contributed by atoms with E-state index in [4.69, 9.17) is 21.5 Å². The summed E-state index contributed by atoms with van der Waals surface area (Å²) in [5.41, 5.74) is 4.26. The van der Waals surface area contributed by atoms with Gasteiger partial charge in [0, 0.05) is 17.9 Å². The number of benzene rings is 1. The molecule has 0 saturated carbocycles. The summed E-state index contributed by atoms with van der Waals surface area (Å²) in [6.07, 6.45) is 0.537. The number of halogens is 2. The fourth-order valence-corrected chi connectivity index (χ4v) is 4.02. The molecule has 0 aliphatic heterocycles. The Morgan fingerprint density at radius 3 is 2.86 bits per heavy atom. The predicted molar refractivity (Wildman–Crippen MR) is 112 cm³/mol. The minimum Gasteiger partial charge on any atom is -0.394 e. The molecule has 1 amide bonds. The summed E-state index contributed by atoms with van der Waals surface area (Å²) in [7, 11) is 1.71. The summed E-state index contributed by atoms with van der Waals surface area (Å²) in [4.78, 5) is 30.4. The highest BCUT2D eigenvalue weighted by molar-refractivity contribution is 9.10. The molecule has 1 heterocycles. The average Bonchev–Trinajstić information content (AvgIpc) is 2.96. The lowest BCUT2D eigenvalue weighted by atomic mass is 9.93. The van der Waals surface area contributed by atoms with E-state index in [1.807, 2.05) is 0 Å². The van der Waals surface area contributed by atoms with Crippen molar-refractivity contribution in [1.29, 1.82) is 0 Å². The van der Waals surface area contributed by atoms with E-state index < -0.39 is 18.6 Å². The molecule has 1 aliphatic rings. The number of rotatable bonds is 7. The smallest absolute Gasteiger partial charge is 0.278 e. The van der Waals surface area contributed by atoms with Gasteiger partial charge in [0.05, 0.1) is 28.6 Å². The Hall–Kier alpha value is -1.91. The van der Waals surface area contributed by atoms with Crippen LogP contribution in [0.25, 0.3) is 0 Å². The van der Waals surface area contributed by atoms with Gasteiger partial charge < -0.3 is 20.1 Å². The number of aliphatic hydroxyl groups is 2. The largest absolute Gasteiger partial charge is 0.394 e. The van der Waals surface area contributed by atoms with E-state index >= 15 is 0 Å². The van der Waals surface area contributed by atoms with Crippen LogP contribution >= 0.6 is 27.5 Å². The van der Waals surface area contributed by atoms with Crippen molar-refractivity contribution in [3.8, 4) is 0 Å². The van der Waals surface area contributed by atoms with E-state index in [2.05, 4.69) is 26.7 Å². The van der Waals surface area contributed by atoms with Gasteiger partial charge in [-0.2, -0.15) is 0 Å². The molecule has 0 unspecified atom stereocenters. The third kappa shape index (κ3) is 4.65. The van der Waals surface area contributed by atoms with Crippen LogP contribution in [0.1, 0.15) is 39.3 Å². The van der Waals surface area contributed by atoms with Crippen molar-refractivity contribution in [3.63, 3.8) is 0 Å². The highest BCUT2D eigenvalue weighted by Gasteiger charge is 2.32. The number of aliphatic hydroxyl groups excluding tert-OH is 2. The van der Waals surface area contributed by atoms with Crippen LogP contribution in [0.15, 0.2) is 22.7 Å². The molecular formula is C19H21BrClN3O5. The number of anilines is 2. The first-order valence-corrected chi connectivity index (χ1v) is 10.2. The van der Waals surface area contributed by atoms with Crippen LogP contribution in [-0.4, -0.2) is 45.8 Å². The fourth-order valence-electron chi connectivity index (χ4n) is 3.30. The van der Waals surface area contributed by atoms with Crippen molar-refractivity contribution < 1.29 is 24.6 Å². The Kier molecular flexibility index (Phi) is 6.97. The predicted octanol–water partition coefficient (Wildman–Crippen LogP) is 2.72. The van der Waals surface area contributed by atoms with Gasteiger partial charge in [-0.1, -0.05) is 27.5 Å². The Morgan fingerprint density at radius 2 is 2.17 bits per heavy atom. The number of carbonyl (C=O) groups excluding carboxylic acids is 2. The summed E-state index contributed by atoms with van der Waals surface area (Å²) in [6, 6.07) is 5.29. The second-order valence-corrected chi connectivity index (χ2v) is 8.04. The summed E-state index contributed by atoms with van der Waals surface area (Å²) in [5.74, 6) is -0.176. The van der Waals surface area contributed by atoms with Crippen LogP contribution in [0.2, 0.25) is 5.02 Å². The number of amides is 1. The lowest BCUT2D eigenvalue weighted by Crippen LogP contribution is -2.30. The van der Waals surface area contributed by atoms with E-state index in [0.717, 1.165) is 4.47 Å². The molecule has 0 saturated heterocycles. The molecule has 156 valence electrons. The maximum Gasteiger partial charge on any atom is 0.278 e. The van der Waals surface area contributed by atoms with Gasteiger partial charge in [-0.15, -0.1) is 0 Å². The molecule has 0 fully saturated rings. The van der Waals surface area contributed by atoms with E-state index in [1.54, 1.807) is 29.8 Å². The molecular weight excluding hydrogens is 466 g/mol. The minimum absolute atomic E-state index is 0.0330. The number of carbonyl (C=O) groups is 2. The third-order valence-electron chi connectivity index (χ3n) is 4.65. The number of ketones is 1. The van der Waals surface area contributed by atoms with Crippen LogP contribution in [-0.2, 0) is 18.3 Å². The first kappa shape index (κ1) is 21.8. The number of fused-ring (bicyclic) bond motifs is 1. The van der Waals surface area contributed by atoms with Crippen molar-refractivity contribution >= 4 is 50.7 Å². The van der Waals surface area contributed by atoms with Gasteiger partial charge in [-0.3, -0.25) is 14.4 Å². The minimum atomic E-state index is -1.11. The van der Waals surface area contributed by atoms with Gasteiger partial charge in [0.1, 0.15) is 18.5 Å². The van der Waals surface area contributed by atoms with Crippen molar-refractivity contribution in [2.24, 2.45) is 7.05 Å². The van der Waals surface area contributed by atoms with E-state index in [1.165, 1.54) is 0 Å². The maximum atomic E-state index is 12.9. The number of hydrogen-bond acceptors (Lipinski definition) is 6. The number of hydroxylamine groups is 1. The SMILES string of the molecule is Cn1c(Nc2ccc(Br)cc2Cl)c(C(=O)NOC[C@H](O)CO)c2c1C(=O)CCC2. The highest BCUT2D eigenvalue weighted by Crippen LogP contribution is 2.36. The van der Waals surface area contributed by atoms with Gasteiger partial charge in [0.25, 0.3) is 5.91 Å². The number of nitrogens with one attached hydrogen (secondary N) is 2. The molecule has 2 aromatic rings. The zero-order chi connectivity index (χ0) is 21.1.